The van der Waals surface area contributed by atoms with Crippen molar-refractivity contribution in [3.63, 3.8) is 0 Å². The summed E-state index contributed by atoms with van der Waals surface area (Å²) in [5, 5.41) is 2.34. The third-order valence-corrected chi connectivity index (χ3v) is 6.63. The molecule has 2 heterocycles. The lowest BCUT2D eigenvalue weighted by molar-refractivity contribution is -0.136. The minimum atomic E-state index is -3.82. The van der Waals surface area contributed by atoms with Crippen LogP contribution in [0.4, 0.5) is 0 Å². The van der Waals surface area contributed by atoms with Gasteiger partial charge in [0.05, 0.1) is 10.3 Å². The average Bonchev–Trinajstić information content (AvgIpc) is 3.22. The highest BCUT2D eigenvalue weighted by Crippen LogP contribution is 2.28. The number of aryl methyl sites for hydroxylation is 3. The molecular weight excluding hydrogens is 398 g/mol. The largest absolute Gasteiger partial charge is 0.405 e. The van der Waals surface area contributed by atoms with Crippen LogP contribution in [0.3, 0.4) is 0 Å². The van der Waals surface area contributed by atoms with Crippen molar-refractivity contribution in [2.45, 2.75) is 31.7 Å². The number of thiazole rings is 1. The Morgan fingerprint density at radius 3 is 2.54 bits per heavy atom. The molecule has 0 saturated carbocycles. The molecule has 0 aliphatic rings. The Morgan fingerprint density at radius 1 is 1.25 bits per heavy atom. The first-order chi connectivity index (χ1) is 13.2. The van der Waals surface area contributed by atoms with Gasteiger partial charge in [-0.1, -0.05) is 17.7 Å². The molecule has 0 aliphatic carbocycles. The Bertz CT molecular complexity index is 1080. The molecule has 0 radical (unpaired) electrons. The first-order valence-corrected chi connectivity index (χ1v) is 10.9. The summed E-state index contributed by atoms with van der Waals surface area (Å²) in [6, 6.07) is 7.30. The summed E-state index contributed by atoms with van der Waals surface area (Å²) in [6.07, 6.45) is 1.94. The minimum Gasteiger partial charge on any atom is -0.405 e. The summed E-state index contributed by atoms with van der Waals surface area (Å²) < 4.78 is 34.3. The van der Waals surface area contributed by atoms with Gasteiger partial charge in [0.15, 0.2) is 0 Å². The molecule has 2 aromatic heterocycles. The molecule has 28 heavy (non-hydrogen) atoms. The van der Waals surface area contributed by atoms with Crippen molar-refractivity contribution in [2.24, 2.45) is 7.05 Å². The molecule has 3 aromatic rings. The van der Waals surface area contributed by atoms with Crippen LogP contribution in [-0.2, 0) is 21.9 Å². The monoisotopic (exact) mass is 419 g/mol. The number of ether oxygens (including phenoxy) is 1. The number of nitrogens with zero attached hydrogens (tertiary/aromatic N) is 2. The second-order valence-electron chi connectivity index (χ2n) is 6.55. The molecule has 0 aliphatic heterocycles. The molecule has 3 rings (SSSR count). The lowest BCUT2D eigenvalue weighted by atomic mass is 10.2. The van der Waals surface area contributed by atoms with Gasteiger partial charge in [-0.25, -0.2) is 18.2 Å². The van der Waals surface area contributed by atoms with E-state index in [0.717, 1.165) is 21.8 Å². The smallest absolute Gasteiger partial charge is 0.330 e. The number of carbonyl (C=O) groups is 1. The van der Waals surface area contributed by atoms with Crippen LogP contribution in [0.2, 0.25) is 0 Å². The maximum atomic E-state index is 12.4. The van der Waals surface area contributed by atoms with E-state index in [1.54, 1.807) is 17.5 Å². The number of carbonyl (C=O) groups excluding carboxylic acids is 1. The van der Waals surface area contributed by atoms with Crippen LogP contribution >= 0.6 is 11.3 Å². The van der Waals surface area contributed by atoms with Gasteiger partial charge in [0.1, 0.15) is 11.0 Å². The van der Waals surface area contributed by atoms with Gasteiger partial charge in [-0.3, -0.25) is 0 Å². The Balaban J connectivity index is 1.66. The maximum Gasteiger partial charge on any atom is 0.330 e. The van der Waals surface area contributed by atoms with Crippen LogP contribution in [0.5, 0.6) is 5.88 Å². The fourth-order valence-electron chi connectivity index (χ4n) is 2.49. The quantitative estimate of drug-likeness (QED) is 0.620. The molecule has 1 aromatic carbocycles. The lowest BCUT2D eigenvalue weighted by Gasteiger charge is -2.12. The fraction of sp³-hybridized carbons (Fsp3) is 0.263. The van der Waals surface area contributed by atoms with Crippen molar-refractivity contribution < 1.29 is 17.9 Å². The standard InChI is InChI=1S/C19H21N3O4S2/c1-12-5-7-16(8-6-12)28(24,25)21-14(3)19(23)26-17-11-27-18(20-17)15-9-13(2)22(4)10-15/h5-11,14,21H,1-4H3. The van der Waals surface area contributed by atoms with Crippen LogP contribution in [0.25, 0.3) is 10.6 Å². The fourth-order valence-corrected chi connectivity index (χ4v) is 4.38. The van der Waals surface area contributed by atoms with Crippen LogP contribution < -0.4 is 9.46 Å². The van der Waals surface area contributed by atoms with Crippen molar-refractivity contribution in [3.8, 4) is 16.5 Å². The molecule has 0 saturated heterocycles. The topological polar surface area (TPSA) is 90.3 Å². The summed E-state index contributed by atoms with van der Waals surface area (Å²) in [4.78, 5) is 16.7. The van der Waals surface area contributed by atoms with Crippen LogP contribution in [0.1, 0.15) is 18.2 Å². The number of rotatable bonds is 6. The van der Waals surface area contributed by atoms with E-state index in [9.17, 15) is 13.2 Å². The first kappa shape index (κ1) is 20.2. The Morgan fingerprint density at radius 2 is 1.93 bits per heavy atom. The number of esters is 1. The van der Waals surface area contributed by atoms with Gasteiger partial charge in [0.2, 0.25) is 15.9 Å². The van der Waals surface area contributed by atoms with E-state index >= 15 is 0 Å². The van der Waals surface area contributed by atoms with E-state index in [-0.39, 0.29) is 10.8 Å². The van der Waals surface area contributed by atoms with Crippen LogP contribution in [0, 0.1) is 13.8 Å². The summed E-state index contributed by atoms with van der Waals surface area (Å²) in [5.74, 6) is -0.579. The predicted molar refractivity (Wildman–Crippen MR) is 108 cm³/mol. The molecule has 0 bridgehead atoms. The van der Waals surface area contributed by atoms with E-state index in [1.165, 1.54) is 30.4 Å². The third kappa shape index (κ3) is 4.49. The van der Waals surface area contributed by atoms with Gasteiger partial charge >= 0.3 is 5.97 Å². The zero-order valence-corrected chi connectivity index (χ0v) is 17.6. The predicted octanol–water partition coefficient (Wildman–Crippen LogP) is 3.04. The third-order valence-electron chi connectivity index (χ3n) is 4.21. The second-order valence-corrected chi connectivity index (χ2v) is 9.12. The van der Waals surface area contributed by atoms with Gasteiger partial charge in [-0.05, 0) is 39.0 Å². The molecule has 9 heteroatoms. The highest BCUT2D eigenvalue weighted by molar-refractivity contribution is 7.89. The number of nitrogens with one attached hydrogen (secondary N) is 1. The molecule has 7 nitrogen and oxygen atoms in total. The molecule has 1 atom stereocenters. The van der Waals surface area contributed by atoms with E-state index in [4.69, 9.17) is 4.74 Å². The molecule has 1 N–H and O–H groups in total. The number of hydrogen-bond acceptors (Lipinski definition) is 6. The van der Waals surface area contributed by atoms with Crippen molar-refractivity contribution in [1.82, 2.24) is 14.3 Å². The second kappa shape index (κ2) is 7.86. The van der Waals surface area contributed by atoms with Crippen LogP contribution in [0.15, 0.2) is 46.8 Å². The SMILES string of the molecule is Cc1ccc(S(=O)(=O)NC(C)C(=O)Oc2csc(-c3cc(C)n(C)c3)n2)cc1. The average molecular weight is 420 g/mol. The van der Waals surface area contributed by atoms with E-state index in [2.05, 4.69) is 9.71 Å². The van der Waals surface area contributed by atoms with Gasteiger partial charge in [0.25, 0.3) is 0 Å². The molecular formula is C19H21N3O4S2. The molecule has 1 unspecified atom stereocenters. The highest BCUT2D eigenvalue weighted by atomic mass is 32.2. The number of sulfonamides is 1. The molecule has 0 fully saturated rings. The normalized spacial score (nSPS) is 12.7. The van der Waals surface area contributed by atoms with E-state index < -0.39 is 22.0 Å². The van der Waals surface area contributed by atoms with Crippen LogP contribution in [-0.4, -0.2) is 30.0 Å². The maximum absolute atomic E-state index is 12.4. The Hall–Kier alpha value is -2.49. The van der Waals surface area contributed by atoms with Crippen molar-refractivity contribution in [3.05, 3.63) is 53.2 Å². The molecule has 0 spiro atoms. The van der Waals surface area contributed by atoms with E-state index in [1.807, 2.05) is 37.7 Å². The zero-order chi connectivity index (χ0) is 20.5. The molecule has 148 valence electrons. The highest BCUT2D eigenvalue weighted by Gasteiger charge is 2.24. The number of aromatic nitrogens is 2. The number of benzene rings is 1. The van der Waals surface area contributed by atoms with Crippen molar-refractivity contribution in [1.29, 1.82) is 0 Å². The van der Waals surface area contributed by atoms with Gasteiger partial charge in [-0.2, -0.15) is 4.72 Å². The Kier molecular flexibility index (Phi) is 5.69. The summed E-state index contributed by atoms with van der Waals surface area (Å²) in [6.45, 7) is 5.28. The summed E-state index contributed by atoms with van der Waals surface area (Å²) >= 11 is 1.35. The van der Waals surface area contributed by atoms with Gasteiger partial charge in [0, 0.05) is 24.5 Å². The van der Waals surface area contributed by atoms with Crippen molar-refractivity contribution in [2.75, 3.05) is 0 Å². The summed E-state index contributed by atoms with van der Waals surface area (Å²) in [7, 11) is -1.89. The number of hydrogen-bond donors (Lipinski definition) is 1. The first-order valence-electron chi connectivity index (χ1n) is 8.55. The Labute approximate surface area is 168 Å². The lowest BCUT2D eigenvalue weighted by Crippen LogP contribution is -2.40. The zero-order valence-electron chi connectivity index (χ0n) is 16.0. The van der Waals surface area contributed by atoms with E-state index in [0.29, 0.717) is 0 Å². The summed E-state index contributed by atoms with van der Waals surface area (Å²) in [5.41, 5.74) is 2.96. The van der Waals surface area contributed by atoms with Crippen molar-refractivity contribution >= 4 is 27.3 Å². The van der Waals surface area contributed by atoms with Gasteiger partial charge < -0.3 is 9.30 Å². The van der Waals surface area contributed by atoms with Gasteiger partial charge in [-0.15, -0.1) is 11.3 Å². The molecule has 0 amide bonds. The minimum absolute atomic E-state index is 0.0909.